The number of carboxylic acid groups (broad SMARTS) is 1. The molecule has 108 valence electrons. The lowest BCUT2D eigenvalue weighted by molar-refractivity contribution is -0.113. The number of carbonyl (C=O) groups is 2. The third-order valence-electron chi connectivity index (χ3n) is 2.51. The summed E-state index contributed by atoms with van der Waals surface area (Å²) in [4.78, 5) is 27.9. The Labute approximate surface area is 133 Å². The standard InChI is InChI=1S/C14H11BrN2O3S/c15-9-1-2-12(11(7-9)14(19)20)17-13(18)8-21-10-3-5-16-6-4-10/h1-7H,8H2,(H,17,18)(H,19,20). The minimum Gasteiger partial charge on any atom is -0.478 e. The number of benzene rings is 1. The van der Waals surface area contributed by atoms with Gasteiger partial charge in [0, 0.05) is 21.8 Å². The van der Waals surface area contributed by atoms with Gasteiger partial charge in [-0.15, -0.1) is 11.8 Å². The number of carbonyl (C=O) groups excluding carboxylic acids is 1. The van der Waals surface area contributed by atoms with Crippen molar-refractivity contribution in [3.63, 3.8) is 0 Å². The Morgan fingerprint density at radius 2 is 1.95 bits per heavy atom. The number of thioether (sulfide) groups is 1. The molecule has 0 aliphatic heterocycles. The van der Waals surface area contributed by atoms with E-state index in [1.54, 1.807) is 36.7 Å². The van der Waals surface area contributed by atoms with Gasteiger partial charge in [-0.25, -0.2) is 4.79 Å². The molecule has 0 saturated carbocycles. The monoisotopic (exact) mass is 366 g/mol. The van der Waals surface area contributed by atoms with Crippen LogP contribution in [0.1, 0.15) is 10.4 Å². The molecule has 2 aromatic rings. The summed E-state index contributed by atoms with van der Waals surface area (Å²) in [6.07, 6.45) is 3.30. The van der Waals surface area contributed by atoms with E-state index in [-0.39, 0.29) is 22.9 Å². The summed E-state index contributed by atoms with van der Waals surface area (Å²) in [5.74, 6) is -1.16. The van der Waals surface area contributed by atoms with Crippen LogP contribution in [0.3, 0.4) is 0 Å². The molecule has 7 heteroatoms. The minimum absolute atomic E-state index is 0.0478. The molecule has 0 radical (unpaired) electrons. The van der Waals surface area contributed by atoms with Crippen LogP contribution in [0, 0.1) is 0 Å². The van der Waals surface area contributed by atoms with Gasteiger partial charge in [-0.2, -0.15) is 0 Å². The van der Waals surface area contributed by atoms with Gasteiger partial charge in [0.2, 0.25) is 5.91 Å². The topological polar surface area (TPSA) is 79.3 Å². The van der Waals surface area contributed by atoms with E-state index < -0.39 is 5.97 Å². The van der Waals surface area contributed by atoms with Crippen molar-refractivity contribution in [2.45, 2.75) is 4.90 Å². The molecule has 0 aliphatic carbocycles. The summed E-state index contributed by atoms with van der Waals surface area (Å²) in [6, 6.07) is 8.30. The van der Waals surface area contributed by atoms with Gasteiger partial charge < -0.3 is 10.4 Å². The third-order valence-corrected chi connectivity index (χ3v) is 4.01. The number of hydrogen-bond donors (Lipinski definition) is 2. The van der Waals surface area contributed by atoms with E-state index in [1.807, 2.05) is 0 Å². The van der Waals surface area contributed by atoms with Crippen molar-refractivity contribution in [1.29, 1.82) is 0 Å². The first-order chi connectivity index (χ1) is 10.1. The van der Waals surface area contributed by atoms with Crippen molar-refractivity contribution in [1.82, 2.24) is 4.98 Å². The van der Waals surface area contributed by atoms with Crippen LogP contribution < -0.4 is 5.32 Å². The van der Waals surface area contributed by atoms with Crippen LogP contribution >= 0.6 is 27.7 Å². The van der Waals surface area contributed by atoms with Gasteiger partial charge >= 0.3 is 5.97 Å². The number of nitrogens with one attached hydrogen (secondary N) is 1. The van der Waals surface area contributed by atoms with Crippen molar-refractivity contribution in [2.24, 2.45) is 0 Å². The van der Waals surface area contributed by atoms with Gasteiger partial charge in [0.15, 0.2) is 0 Å². The molecule has 0 unspecified atom stereocenters. The number of nitrogens with zero attached hydrogens (tertiary/aromatic N) is 1. The second kappa shape index (κ2) is 7.24. The summed E-state index contributed by atoms with van der Waals surface area (Å²) >= 11 is 4.56. The van der Waals surface area contributed by atoms with Gasteiger partial charge in [-0.1, -0.05) is 15.9 Å². The Hall–Kier alpha value is -1.86. The Kier molecular flexibility index (Phi) is 5.35. The quantitative estimate of drug-likeness (QED) is 0.793. The molecule has 1 aromatic heterocycles. The average molecular weight is 367 g/mol. The SMILES string of the molecule is O=C(CSc1ccncc1)Nc1ccc(Br)cc1C(=O)O. The van der Waals surface area contributed by atoms with E-state index in [0.717, 1.165) is 4.90 Å². The number of aromatic carboxylic acids is 1. The van der Waals surface area contributed by atoms with E-state index >= 15 is 0 Å². The van der Waals surface area contributed by atoms with Crippen molar-refractivity contribution in [3.8, 4) is 0 Å². The van der Waals surface area contributed by atoms with Crippen molar-refractivity contribution >= 4 is 45.3 Å². The minimum atomic E-state index is -1.09. The van der Waals surface area contributed by atoms with Gasteiger partial charge in [0.25, 0.3) is 0 Å². The molecule has 1 aromatic carbocycles. The number of aromatic nitrogens is 1. The molecule has 2 N–H and O–H groups in total. The fraction of sp³-hybridized carbons (Fsp3) is 0.0714. The number of amides is 1. The van der Waals surface area contributed by atoms with Crippen LogP contribution in [0.15, 0.2) is 52.1 Å². The second-order valence-electron chi connectivity index (χ2n) is 4.01. The predicted molar refractivity (Wildman–Crippen MR) is 84.7 cm³/mol. The highest BCUT2D eigenvalue weighted by molar-refractivity contribution is 9.10. The zero-order valence-electron chi connectivity index (χ0n) is 10.7. The van der Waals surface area contributed by atoms with E-state index in [1.165, 1.54) is 17.8 Å². The first-order valence-corrected chi connectivity index (χ1v) is 7.69. The number of pyridine rings is 1. The summed E-state index contributed by atoms with van der Waals surface area (Å²) in [5, 5.41) is 11.7. The average Bonchev–Trinajstić information content (AvgIpc) is 2.48. The van der Waals surface area contributed by atoms with Gasteiger partial charge in [0.1, 0.15) is 0 Å². The number of carboxylic acids is 1. The maximum Gasteiger partial charge on any atom is 0.337 e. The Bertz CT molecular complexity index is 665. The highest BCUT2D eigenvalue weighted by atomic mass is 79.9. The normalized spacial score (nSPS) is 10.1. The molecule has 1 heterocycles. The molecule has 21 heavy (non-hydrogen) atoms. The van der Waals surface area contributed by atoms with Gasteiger partial charge in [-0.05, 0) is 30.3 Å². The number of halogens is 1. The Morgan fingerprint density at radius 3 is 2.62 bits per heavy atom. The molecule has 2 rings (SSSR count). The van der Waals surface area contributed by atoms with Crippen molar-refractivity contribution in [2.75, 3.05) is 11.1 Å². The summed E-state index contributed by atoms with van der Waals surface area (Å²) in [5.41, 5.74) is 0.331. The Morgan fingerprint density at radius 1 is 1.24 bits per heavy atom. The smallest absolute Gasteiger partial charge is 0.337 e. The molecule has 0 atom stereocenters. The maximum absolute atomic E-state index is 11.9. The zero-order valence-corrected chi connectivity index (χ0v) is 13.1. The molecular weight excluding hydrogens is 356 g/mol. The molecular formula is C14H11BrN2O3S. The van der Waals surface area contributed by atoms with Crippen LogP contribution in [0.5, 0.6) is 0 Å². The lowest BCUT2D eigenvalue weighted by atomic mass is 10.2. The van der Waals surface area contributed by atoms with Crippen LogP contribution in [-0.4, -0.2) is 27.7 Å². The van der Waals surface area contributed by atoms with Gasteiger partial charge in [-0.3, -0.25) is 9.78 Å². The Balaban J connectivity index is 2.01. The van der Waals surface area contributed by atoms with Crippen LogP contribution in [-0.2, 0) is 4.79 Å². The molecule has 0 aliphatic rings. The van der Waals surface area contributed by atoms with Crippen molar-refractivity contribution in [3.05, 3.63) is 52.8 Å². The van der Waals surface area contributed by atoms with E-state index in [2.05, 4.69) is 26.2 Å². The number of hydrogen-bond acceptors (Lipinski definition) is 4. The molecule has 0 saturated heterocycles. The van der Waals surface area contributed by atoms with E-state index in [0.29, 0.717) is 4.47 Å². The predicted octanol–water partition coefficient (Wildman–Crippen LogP) is 3.27. The lowest BCUT2D eigenvalue weighted by Gasteiger charge is -2.08. The van der Waals surface area contributed by atoms with E-state index in [4.69, 9.17) is 5.11 Å². The maximum atomic E-state index is 11.9. The number of anilines is 1. The zero-order chi connectivity index (χ0) is 15.2. The first kappa shape index (κ1) is 15.5. The summed E-state index contributed by atoms with van der Waals surface area (Å²) < 4.78 is 0.643. The summed E-state index contributed by atoms with van der Waals surface area (Å²) in [6.45, 7) is 0. The highest BCUT2D eigenvalue weighted by Crippen LogP contribution is 2.22. The van der Waals surface area contributed by atoms with Crippen LogP contribution in [0.25, 0.3) is 0 Å². The first-order valence-electron chi connectivity index (χ1n) is 5.92. The molecule has 0 bridgehead atoms. The largest absolute Gasteiger partial charge is 0.478 e. The summed E-state index contributed by atoms with van der Waals surface area (Å²) in [7, 11) is 0. The lowest BCUT2D eigenvalue weighted by Crippen LogP contribution is -2.16. The van der Waals surface area contributed by atoms with E-state index in [9.17, 15) is 9.59 Å². The highest BCUT2D eigenvalue weighted by Gasteiger charge is 2.13. The van der Waals surface area contributed by atoms with Crippen LogP contribution in [0.4, 0.5) is 5.69 Å². The molecule has 0 fully saturated rings. The molecule has 0 spiro atoms. The fourth-order valence-corrected chi connectivity index (χ4v) is 2.62. The van der Waals surface area contributed by atoms with Crippen LogP contribution in [0.2, 0.25) is 0 Å². The molecule has 1 amide bonds. The molecule has 5 nitrogen and oxygen atoms in total. The third kappa shape index (κ3) is 4.57. The van der Waals surface area contributed by atoms with Crippen molar-refractivity contribution < 1.29 is 14.7 Å². The second-order valence-corrected chi connectivity index (χ2v) is 5.98. The fourth-order valence-electron chi connectivity index (χ4n) is 1.57. The van der Waals surface area contributed by atoms with Gasteiger partial charge in [0.05, 0.1) is 17.0 Å². The number of rotatable bonds is 5.